The van der Waals surface area contributed by atoms with Crippen LogP contribution in [0, 0.1) is 0 Å². The average molecular weight is 396 g/mol. The number of amides is 3. The highest BCUT2D eigenvalue weighted by Crippen LogP contribution is 2.29. The summed E-state index contributed by atoms with van der Waals surface area (Å²) in [6.45, 7) is 7.45. The molecule has 0 aromatic carbocycles. The van der Waals surface area contributed by atoms with Gasteiger partial charge in [-0.15, -0.1) is 0 Å². The predicted molar refractivity (Wildman–Crippen MR) is 116 cm³/mol. The van der Waals surface area contributed by atoms with E-state index < -0.39 is 0 Å². The van der Waals surface area contributed by atoms with Gasteiger partial charge in [-0.05, 0) is 44.9 Å². The molecular formula is C21H37N3O2S. The summed E-state index contributed by atoms with van der Waals surface area (Å²) in [5.41, 5.74) is 0. The Labute approximate surface area is 169 Å². The van der Waals surface area contributed by atoms with E-state index >= 15 is 0 Å². The van der Waals surface area contributed by atoms with Crippen molar-refractivity contribution in [3.63, 3.8) is 0 Å². The molecule has 0 aromatic rings. The van der Waals surface area contributed by atoms with Crippen LogP contribution >= 0.6 is 11.8 Å². The first-order valence-electron chi connectivity index (χ1n) is 10.5. The van der Waals surface area contributed by atoms with Gasteiger partial charge in [-0.2, -0.15) is 0 Å². The molecule has 1 atom stereocenters. The van der Waals surface area contributed by atoms with Crippen LogP contribution in [0.25, 0.3) is 0 Å². The van der Waals surface area contributed by atoms with Gasteiger partial charge in [-0.1, -0.05) is 63.1 Å². The van der Waals surface area contributed by atoms with E-state index in [2.05, 4.69) is 41.6 Å². The maximum absolute atomic E-state index is 11.6. The van der Waals surface area contributed by atoms with Crippen LogP contribution in [0.15, 0.2) is 23.8 Å². The first-order valence-corrected chi connectivity index (χ1v) is 11.3. The minimum atomic E-state index is -0.0422. The highest BCUT2D eigenvalue weighted by Gasteiger charge is 2.26. The summed E-state index contributed by atoms with van der Waals surface area (Å²) in [7, 11) is 0. The lowest BCUT2D eigenvalue weighted by Crippen LogP contribution is -2.36. The molecule has 0 aliphatic carbocycles. The number of unbranched alkanes of at least 4 members (excludes halogenated alkanes) is 7. The van der Waals surface area contributed by atoms with E-state index in [9.17, 15) is 9.59 Å². The van der Waals surface area contributed by atoms with Crippen molar-refractivity contribution in [2.24, 2.45) is 0 Å². The summed E-state index contributed by atoms with van der Waals surface area (Å²) < 4.78 is 0. The molecule has 1 aliphatic heterocycles. The van der Waals surface area contributed by atoms with Gasteiger partial charge >= 0.3 is 6.03 Å². The van der Waals surface area contributed by atoms with Gasteiger partial charge in [0.15, 0.2) is 0 Å². The van der Waals surface area contributed by atoms with Gasteiger partial charge in [-0.3, -0.25) is 4.79 Å². The molecule has 3 N–H and O–H groups in total. The third-order valence-electron chi connectivity index (χ3n) is 4.49. The molecule has 1 heterocycles. The molecule has 0 aromatic heterocycles. The molecule has 5 nitrogen and oxygen atoms in total. The number of nitrogens with one attached hydrogen (secondary N) is 3. The van der Waals surface area contributed by atoms with Crippen molar-refractivity contribution < 1.29 is 9.59 Å². The normalized spacial score (nSPS) is 16.7. The molecule has 3 amide bonds. The van der Waals surface area contributed by atoms with Gasteiger partial charge in [-0.25, -0.2) is 4.79 Å². The highest BCUT2D eigenvalue weighted by atomic mass is 32.2. The number of carbonyl (C=O) groups is 2. The summed E-state index contributed by atoms with van der Waals surface area (Å²) in [5, 5.41) is 9.41. The van der Waals surface area contributed by atoms with Gasteiger partial charge in [0, 0.05) is 13.1 Å². The maximum Gasteiger partial charge on any atom is 0.314 e. The molecule has 0 bridgehead atoms. The van der Waals surface area contributed by atoms with E-state index in [1.54, 1.807) is 11.8 Å². The fourth-order valence-corrected chi connectivity index (χ4v) is 3.85. The lowest BCUT2D eigenvalue weighted by Gasteiger charge is -2.06. The number of urea groups is 1. The number of thioether (sulfide) groups is 1. The minimum Gasteiger partial charge on any atom is -0.338 e. The summed E-state index contributed by atoms with van der Waals surface area (Å²) >= 11 is 1.56. The number of carbonyl (C=O) groups excluding carboxylic acids is 2. The zero-order valence-corrected chi connectivity index (χ0v) is 17.7. The summed E-state index contributed by atoms with van der Waals surface area (Å²) in [5.74, 6) is 0.119. The Kier molecular flexibility index (Phi) is 13.7. The summed E-state index contributed by atoms with van der Waals surface area (Å²) in [4.78, 5) is 23.1. The molecule has 0 radical (unpaired) electrons. The zero-order chi connectivity index (χ0) is 19.7. The third kappa shape index (κ3) is 12.6. The largest absolute Gasteiger partial charge is 0.338 e. The van der Waals surface area contributed by atoms with Gasteiger partial charge in [0.2, 0.25) is 5.91 Å². The molecule has 1 saturated heterocycles. The second-order valence-corrected chi connectivity index (χ2v) is 8.31. The molecule has 0 saturated carbocycles. The predicted octanol–water partition coefficient (Wildman–Crippen LogP) is 4.86. The van der Waals surface area contributed by atoms with E-state index in [0.717, 1.165) is 63.1 Å². The van der Waals surface area contributed by atoms with Crippen molar-refractivity contribution in [3.8, 4) is 0 Å². The summed E-state index contributed by atoms with van der Waals surface area (Å²) in [6.07, 6.45) is 16.6. The minimum absolute atomic E-state index is 0.0422. The topological polar surface area (TPSA) is 70.2 Å². The van der Waals surface area contributed by atoms with Crippen molar-refractivity contribution in [3.05, 3.63) is 23.8 Å². The number of allylic oxidation sites excluding steroid dienone is 2. The van der Waals surface area contributed by atoms with Crippen LogP contribution in [-0.2, 0) is 4.79 Å². The number of hydrogen-bond donors (Lipinski definition) is 3. The Hall–Kier alpha value is -1.43. The Morgan fingerprint density at radius 3 is 2.26 bits per heavy atom. The molecule has 6 heteroatoms. The quantitative estimate of drug-likeness (QED) is 0.274. The van der Waals surface area contributed by atoms with E-state index in [0.29, 0.717) is 0 Å². The van der Waals surface area contributed by atoms with Crippen LogP contribution in [0.2, 0.25) is 0 Å². The van der Waals surface area contributed by atoms with Crippen molar-refractivity contribution in [2.75, 3.05) is 13.1 Å². The van der Waals surface area contributed by atoms with Crippen LogP contribution in [0.5, 0.6) is 0 Å². The molecule has 1 aliphatic rings. The van der Waals surface area contributed by atoms with E-state index in [-0.39, 0.29) is 17.2 Å². The Morgan fingerprint density at radius 2 is 1.67 bits per heavy atom. The summed E-state index contributed by atoms with van der Waals surface area (Å²) in [6, 6.07) is -0.0422. The highest BCUT2D eigenvalue weighted by molar-refractivity contribution is 8.04. The molecule has 154 valence electrons. The smallest absolute Gasteiger partial charge is 0.314 e. The molecule has 27 heavy (non-hydrogen) atoms. The van der Waals surface area contributed by atoms with Crippen LogP contribution in [-0.4, -0.2) is 30.3 Å². The first kappa shape index (κ1) is 23.6. The SMILES string of the molecule is C=C1NC(=O)C(CCCCC/C=C\CCCCNC(=O)NCCCCC)S1. The Bertz CT molecular complexity index is 480. The number of hydrogen-bond acceptors (Lipinski definition) is 3. The van der Waals surface area contributed by atoms with Gasteiger partial charge in [0.25, 0.3) is 0 Å². The second kappa shape index (κ2) is 15.6. The van der Waals surface area contributed by atoms with Crippen molar-refractivity contribution in [1.29, 1.82) is 0 Å². The average Bonchev–Trinajstić information content (AvgIpc) is 2.97. The van der Waals surface area contributed by atoms with E-state index in [1.807, 2.05) is 0 Å². The van der Waals surface area contributed by atoms with Gasteiger partial charge < -0.3 is 16.0 Å². The Morgan fingerprint density at radius 1 is 1.04 bits per heavy atom. The second-order valence-electron chi connectivity index (χ2n) is 7.01. The monoisotopic (exact) mass is 395 g/mol. The lowest BCUT2D eigenvalue weighted by molar-refractivity contribution is -0.119. The fraction of sp³-hybridized carbons (Fsp3) is 0.714. The van der Waals surface area contributed by atoms with Crippen molar-refractivity contribution >= 4 is 23.7 Å². The van der Waals surface area contributed by atoms with Crippen molar-refractivity contribution in [2.45, 2.75) is 82.8 Å². The standard InChI is InChI=1S/C21H37N3O2S/c1-3-4-13-16-22-21(26)23-17-14-11-9-7-5-6-8-10-12-15-19-20(25)24-18(2)27-19/h5,7,19H,2-4,6,8-17H2,1H3,(H,24,25)(H2,22,23,26)/b7-5-. The van der Waals surface area contributed by atoms with E-state index in [4.69, 9.17) is 0 Å². The zero-order valence-electron chi connectivity index (χ0n) is 16.9. The lowest BCUT2D eigenvalue weighted by atomic mass is 10.1. The number of rotatable bonds is 15. The van der Waals surface area contributed by atoms with Crippen LogP contribution in [0.4, 0.5) is 4.79 Å². The van der Waals surface area contributed by atoms with Gasteiger partial charge in [0.05, 0.1) is 10.3 Å². The molecular weight excluding hydrogens is 358 g/mol. The van der Waals surface area contributed by atoms with Crippen LogP contribution < -0.4 is 16.0 Å². The van der Waals surface area contributed by atoms with Crippen LogP contribution in [0.1, 0.15) is 77.6 Å². The molecule has 1 fully saturated rings. The van der Waals surface area contributed by atoms with E-state index in [1.165, 1.54) is 25.7 Å². The van der Waals surface area contributed by atoms with Crippen LogP contribution in [0.3, 0.4) is 0 Å². The molecule has 1 unspecified atom stereocenters. The molecule has 0 spiro atoms. The molecule has 1 rings (SSSR count). The first-order chi connectivity index (χ1) is 13.1. The van der Waals surface area contributed by atoms with Crippen molar-refractivity contribution in [1.82, 2.24) is 16.0 Å². The Balaban J connectivity index is 1.83. The fourth-order valence-electron chi connectivity index (χ4n) is 2.90. The van der Waals surface area contributed by atoms with Gasteiger partial charge in [0.1, 0.15) is 0 Å². The third-order valence-corrected chi connectivity index (χ3v) is 5.61. The maximum atomic E-state index is 11.6.